The average molecular weight is 454 g/mol. The largest absolute Gasteiger partial charge is 0.454 e. The molecule has 162 valence electrons. The molecule has 5 nitrogen and oxygen atoms in total. The molecule has 0 unspecified atom stereocenters. The molecule has 0 radical (unpaired) electrons. The number of fused-ring (bicyclic) bond motifs is 1. The van der Waals surface area contributed by atoms with Crippen molar-refractivity contribution in [1.29, 1.82) is 0 Å². The van der Waals surface area contributed by atoms with Crippen LogP contribution in [0.25, 0.3) is 0 Å². The average Bonchev–Trinajstić information content (AvgIpc) is 3.50. The topological polar surface area (TPSA) is 37.3 Å². The number of halogens is 1. The molecule has 2 aliphatic rings. The fraction of sp³-hybridized carbons (Fsp3) is 0.0741. The van der Waals surface area contributed by atoms with Gasteiger partial charge in [-0.1, -0.05) is 66.2 Å². The number of benzene rings is 4. The van der Waals surface area contributed by atoms with Crippen molar-refractivity contribution in [1.82, 2.24) is 0 Å². The van der Waals surface area contributed by atoms with E-state index in [-0.39, 0.29) is 13.0 Å². The third kappa shape index (κ3) is 3.56. The third-order valence-electron chi connectivity index (χ3n) is 5.76. The molecule has 6 rings (SSSR count). The zero-order chi connectivity index (χ0) is 22.2. The molecule has 2 aliphatic heterocycles. The molecule has 0 saturated heterocycles. The summed E-state index contributed by atoms with van der Waals surface area (Å²) in [6, 6.07) is 34.3. The van der Waals surface area contributed by atoms with Crippen LogP contribution in [0.1, 0.15) is 17.3 Å². The number of anilines is 2. The van der Waals surface area contributed by atoms with E-state index >= 15 is 0 Å². The molecule has 4 aromatic carbocycles. The number of hydrazone groups is 1. The Morgan fingerprint density at radius 3 is 2.18 bits per heavy atom. The fourth-order valence-electron chi connectivity index (χ4n) is 4.22. The quantitative estimate of drug-likeness (QED) is 0.355. The molecular weight excluding hydrogens is 434 g/mol. The van der Waals surface area contributed by atoms with Gasteiger partial charge in [-0.2, -0.15) is 5.10 Å². The van der Waals surface area contributed by atoms with Crippen LogP contribution in [0.15, 0.2) is 108 Å². The maximum Gasteiger partial charge on any atom is 0.231 e. The van der Waals surface area contributed by atoms with Crippen molar-refractivity contribution < 1.29 is 9.47 Å². The highest BCUT2D eigenvalue weighted by Crippen LogP contribution is 2.43. The Labute approximate surface area is 197 Å². The smallest absolute Gasteiger partial charge is 0.231 e. The van der Waals surface area contributed by atoms with E-state index in [9.17, 15) is 0 Å². The van der Waals surface area contributed by atoms with Crippen molar-refractivity contribution in [3.63, 3.8) is 0 Å². The zero-order valence-corrected chi connectivity index (χ0v) is 18.4. The second-order valence-corrected chi connectivity index (χ2v) is 8.24. The van der Waals surface area contributed by atoms with Gasteiger partial charge >= 0.3 is 0 Å². The van der Waals surface area contributed by atoms with E-state index in [1.54, 1.807) is 0 Å². The van der Waals surface area contributed by atoms with Gasteiger partial charge in [0, 0.05) is 21.8 Å². The van der Waals surface area contributed by atoms with Gasteiger partial charge < -0.3 is 9.47 Å². The SMILES string of the molecule is Clc1ccc(N2C(c3ccccc3)=NN(c3ccccc3)[C@H]2c2ccc3c(c2)OCO3)cc1. The number of amidine groups is 1. The Morgan fingerprint density at radius 1 is 0.727 bits per heavy atom. The molecule has 0 amide bonds. The van der Waals surface area contributed by atoms with Gasteiger partial charge in [0.05, 0.1) is 5.69 Å². The highest BCUT2D eigenvalue weighted by molar-refractivity contribution is 6.30. The van der Waals surface area contributed by atoms with Gasteiger partial charge in [0.15, 0.2) is 23.5 Å². The van der Waals surface area contributed by atoms with Crippen LogP contribution >= 0.6 is 11.6 Å². The number of hydrogen-bond acceptors (Lipinski definition) is 5. The lowest BCUT2D eigenvalue weighted by molar-refractivity contribution is 0.174. The summed E-state index contributed by atoms with van der Waals surface area (Å²) >= 11 is 6.22. The van der Waals surface area contributed by atoms with Crippen LogP contribution in [0.5, 0.6) is 11.5 Å². The Morgan fingerprint density at radius 2 is 1.42 bits per heavy atom. The standard InChI is InChI=1S/C27H20ClN3O2/c28-21-12-14-22(15-13-21)30-26(19-7-3-1-4-8-19)29-31(23-9-5-2-6-10-23)27(30)20-11-16-24-25(17-20)33-18-32-24/h1-17,27H,18H2/t27-/m0/s1. The first-order chi connectivity index (χ1) is 16.3. The van der Waals surface area contributed by atoms with E-state index < -0.39 is 0 Å². The predicted molar refractivity (Wildman–Crippen MR) is 131 cm³/mol. The first-order valence-electron chi connectivity index (χ1n) is 10.7. The lowest BCUT2D eigenvalue weighted by atomic mass is 10.1. The van der Waals surface area contributed by atoms with Crippen molar-refractivity contribution in [2.75, 3.05) is 16.7 Å². The number of nitrogens with zero attached hydrogens (tertiary/aromatic N) is 3. The van der Waals surface area contributed by atoms with Crippen LogP contribution in [0.4, 0.5) is 11.4 Å². The second-order valence-electron chi connectivity index (χ2n) is 7.80. The van der Waals surface area contributed by atoms with Crippen LogP contribution in [0, 0.1) is 0 Å². The van der Waals surface area contributed by atoms with Gasteiger partial charge in [-0.25, -0.2) is 5.01 Å². The Bertz CT molecular complexity index is 1310. The first-order valence-corrected chi connectivity index (χ1v) is 11.1. The van der Waals surface area contributed by atoms with Crippen LogP contribution in [-0.2, 0) is 0 Å². The summed E-state index contributed by atoms with van der Waals surface area (Å²) in [5.74, 6) is 2.35. The molecule has 0 saturated carbocycles. The van der Waals surface area contributed by atoms with Crippen molar-refractivity contribution in [2.45, 2.75) is 6.17 Å². The number of rotatable bonds is 4. The number of hydrogen-bond donors (Lipinski definition) is 0. The third-order valence-corrected chi connectivity index (χ3v) is 6.01. The van der Waals surface area contributed by atoms with Crippen molar-refractivity contribution in [2.24, 2.45) is 5.10 Å². The number of para-hydroxylation sites is 1. The summed E-state index contributed by atoms with van der Waals surface area (Å²) in [5, 5.41) is 7.87. The van der Waals surface area contributed by atoms with E-state index in [0.29, 0.717) is 5.02 Å². The van der Waals surface area contributed by atoms with Gasteiger partial charge in [-0.05, 0) is 48.5 Å². The highest BCUT2D eigenvalue weighted by atomic mass is 35.5. The summed E-state index contributed by atoms with van der Waals surface area (Å²) in [6.07, 6.45) is -0.238. The summed E-state index contributed by atoms with van der Waals surface area (Å²) in [7, 11) is 0. The Kier molecular flexibility index (Phi) is 4.89. The molecule has 1 atom stereocenters. The molecule has 0 spiro atoms. The maximum absolute atomic E-state index is 6.22. The van der Waals surface area contributed by atoms with E-state index in [4.69, 9.17) is 26.2 Å². The molecule has 4 aromatic rings. The van der Waals surface area contributed by atoms with Crippen molar-refractivity contribution >= 4 is 28.8 Å². The normalized spacial score (nSPS) is 16.8. The van der Waals surface area contributed by atoms with Gasteiger partial charge in [-0.3, -0.25) is 4.90 Å². The van der Waals surface area contributed by atoms with E-state index in [0.717, 1.165) is 39.8 Å². The van der Waals surface area contributed by atoms with Crippen molar-refractivity contribution in [3.8, 4) is 11.5 Å². The molecule has 0 aromatic heterocycles. The molecule has 0 fully saturated rings. The molecule has 0 aliphatic carbocycles. The van der Waals surface area contributed by atoms with Crippen LogP contribution < -0.4 is 19.4 Å². The molecule has 33 heavy (non-hydrogen) atoms. The molecule has 6 heteroatoms. The molecule has 0 N–H and O–H groups in total. The highest BCUT2D eigenvalue weighted by Gasteiger charge is 2.38. The second kappa shape index (κ2) is 8.19. The summed E-state index contributed by atoms with van der Waals surface area (Å²) < 4.78 is 11.2. The molecule has 0 bridgehead atoms. The van der Waals surface area contributed by atoms with Crippen molar-refractivity contribution in [3.05, 3.63) is 119 Å². The monoisotopic (exact) mass is 453 g/mol. The van der Waals surface area contributed by atoms with E-state index in [1.807, 2.05) is 72.8 Å². The lowest BCUT2D eigenvalue weighted by Crippen LogP contribution is -2.35. The fourth-order valence-corrected chi connectivity index (χ4v) is 4.35. The van der Waals surface area contributed by atoms with Gasteiger partial charge in [0.25, 0.3) is 0 Å². The molecule has 2 heterocycles. The van der Waals surface area contributed by atoms with Crippen LogP contribution in [0.2, 0.25) is 5.02 Å². The molecular formula is C27H20ClN3O2. The minimum atomic E-state index is -0.238. The van der Waals surface area contributed by atoms with Gasteiger partial charge in [-0.15, -0.1) is 0 Å². The van der Waals surface area contributed by atoms with Crippen LogP contribution in [0.3, 0.4) is 0 Å². The summed E-state index contributed by atoms with van der Waals surface area (Å²) in [5.41, 5.74) is 4.04. The zero-order valence-electron chi connectivity index (χ0n) is 17.6. The Hall–Kier alpha value is -3.96. The summed E-state index contributed by atoms with van der Waals surface area (Å²) in [4.78, 5) is 2.23. The van der Waals surface area contributed by atoms with Gasteiger partial charge in [0.2, 0.25) is 6.79 Å². The predicted octanol–water partition coefficient (Wildman–Crippen LogP) is 6.46. The van der Waals surface area contributed by atoms with Gasteiger partial charge in [0.1, 0.15) is 0 Å². The Balaban J connectivity index is 1.56. The minimum absolute atomic E-state index is 0.235. The maximum atomic E-state index is 6.22. The number of ether oxygens (including phenoxy) is 2. The first kappa shape index (κ1) is 19.7. The van der Waals surface area contributed by atoms with E-state index in [1.165, 1.54) is 0 Å². The summed E-state index contributed by atoms with van der Waals surface area (Å²) in [6.45, 7) is 0.235. The van der Waals surface area contributed by atoms with E-state index in [2.05, 4.69) is 40.2 Å². The van der Waals surface area contributed by atoms with Crippen LogP contribution in [-0.4, -0.2) is 12.6 Å². The minimum Gasteiger partial charge on any atom is -0.454 e. The lowest BCUT2D eigenvalue weighted by Gasteiger charge is -2.32.